The molecule has 2 rings (SSSR count). The summed E-state index contributed by atoms with van der Waals surface area (Å²) in [4.78, 5) is 13.9. The van der Waals surface area contributed by atoms with Crippen LogP contribution in [0.1, 0.15) is 15.9 Å². The molecule has 0 fully saturated rings. The quantitative estimate of drug-likeness (QED) is 0.732. The van der Waals surface area contributed by atoms with E-state index in [0.29, 0.717) is 12.2 Å². The van der Waals surface area contributed by atoms with Crippen LogP contribution in [0.3, 0.4) is 0 Å². The van der Waals surface area contributed by atoms with Crippen LogP contribution in [-0.2, 0) is 11.2 Å². The van der Waals surface area contributed by atoms with Gasteiger partial charge < -0.3 is 9.64 Å². The van der Waals surface area contributed by atoms with Gasteiger partial charge in [-0.1, -0.05) is 48.5 Å². The summed E-state index contributed by atoms with van der Waals surface area (Å²) in [5.41, 5.74) is 1.93. The van der Waals surface area contributed by atoms with Crippen molar-refractivity contribution >= 4 is 5.97 Å². The van der Waals surface area contributed by atoms with Crippen molar-refractivity contribution in [2.24, 2.45) is 0 Å². The first kappa shape index (κ1) is 15.3. The second kappa shape index (κ2) is 8.22. The second-order valence-corrected chi connectivity index (χ2v) is 5.04. The van der Waals surface area contributed by atoms with Gasteiger partial charge in [-0.15, -0.1) is 0 Å². The fourth-order valence-corrected chi connectivity index (χ4v) is 2.03. The zero-order valence-corrected chi connectivity index (χ0v) is 12.4. The molecule has 110 valence electrons. The number of hydrogen-bond acceptors (Lipinski definition) is 3. The number of ether oxygens (including phenoxy) is 1. The van der Waals surface area contributed by atoms with Gasteiger partial charge in [0.05, 0.1) is 5.56 Å². The first-order valence-corrected chi connectivity index (χ1v) is 7.20. The highest BCUT2D eigenvalue weighted by Crippen LogP contribution is 2.02. The molecule has 0 amide bonds. The van der Waals surface area contributed by atoms with Gasteiger partial charge in [0.2, 0.25) is 0 Å². The normalized spacial score (nSPS) is 10.6. The molecular weight excluding hydrogens is 262 g/mol. The molecular formula is C18H21NO2. The topological polar surface area (TPSA) is 29.5 Å². The predicted octanol–water partition coefficient (Wildman–Crippen LogP) is 3.02. The summed E-state index contributed by atoms with van der Waals surface area (Å²) < 4.78 is 5.27. The van der Waals surface area contributed by atoms with Crippen LogP contribution in [0.25, 0.3) is 0 Å². The van der Waals surface area contributed by atoms with Crippen molar-refractivity contribution < 1.29 is 9.53 Å². The molecule has 0 spiro atoms. The van der Waals surface area contributed by atoms with Gasteiger partial charge in [-0.3, -0.25) is 0 Å². The van der Waals surface area contributed by atoms with Crippen LogP contribution in [0.15, 0.2) is 60.7 Å². The number of carbonyl (C=O) groups is 1. The monoisotopic (exact) mass is 283 g/mol. The Morgan fingerprint density at radius 3 is 2.24 bits per heavy atom. The van der Waals surface area contributed by atoms with E-state index in [1.54, 1.807) is 12.1 Å². The highest BCUT2D eigenvalue weighted by atomic mass is 16.5. The molecule has 0 aliphatic carbocycles. The minimum Gasteiger partial charge on any atom is -0.461 e. The molecule has 0 N–H and O–H groups in total. The summed E-state index contributed by atoms with van der Waals surface area (Å²) in [7, 11) is 2.04. The Labute approximate surface area is 126 Å². The van der Waals surface area contributed by atoms with Gasteiger partial charge in [-0.25, -0.2) is 4.79 Å². The molecule has 0 saturated carbocycles. The minimum atomic E-state index is -0.257. The summed E-state index contributed by atoms with van der Waals surface area (Å²) in [6.07, 6.45) is 1.00. The van der Waals surface area contributed by atoms with Crippen molar-refractivity contribution in [3.63, 3.8) is 0 Å². The summed E-state index contributed by atoms with van der Waals surface area (Å²) >= 11 is 0. The van der Waals surface area contributed by atoms with Crippen LogP contribution >= 0.6 is 0 Å². The Morgan fingerprint density at radius 2 is 1.57 bits per heavy atom. The van der Waals surface area contributed by atoms with Crippen LogP contribution < -0.4 is 0 Å². The molecule has 0 atom stereocenters. The lowest BCUT2D eigenvalue weighted by Crippen LogP contribution is -2.26. The third kappa shape index (κ3) is 5.40. The SMILES string of the molecule is CN(CCOC(=O)c1ccccc1)CCc1ccccc1. The largest absolute Gasteiger partial charge is 0.461 e. The van der Waals surface area contributed by atoms with E-state index < -0.39 is 0 Å². The van der Waals surface area contributed by atoms with E-state index in [0.717, 1.165) is 19.5 Å². The lowest BCUT2D eigenvalue weighted by atomic mass is 10.1. The number of likely N-dealkylation sites (N-methyl/N-ethyl adjacent to an activating group) is 1. The molecule has 0 heterocycles. The van der Waals surface area contributed by atoms with E-state index in [9.17, 15) is 4.79 Å². The summed E-state index contributed by atoms with van der Waals surface area (Å²) in [5, 5.41) is 0. The van der Waals surface area contributed by atoms with Gasteiger partial charge in [-0.05, 0) is 31.2 Å². The molecule has 0 bridgehead atoms. The minimum absolute atomic E-state index is 0.257. The van der Waals surface area contributed by atoms with Crippen molar-refractivity contribution in [1.29, 1.82) is 0 Å². The van der Waals surface area contributed by atoms with E-state index in [-0.39, 0.29) is 5.97 Å². The average Bonchev–Trinajstić information content (AvgIpc) is 2.54. The maximum Gasteiger partial charge on any atom is 0.338 e. The molecule has 21 heavy (non-hydrogen) atoms. The van der Waals surface area contributed by atoms with Gasteiger partial charge in [0.25, 0.3) is 0 Å². The standard InChI is InChI=1S/C18H21NO2/c1-19(13-12-16-8-4-2-5-9-16)14-15-21-18(20)17-10-6-3-7-11-17/h2-11H,12-15H2,1H3. The number of carbonyl (C=O) groups excluding carboxylic acids is 1. The third-order valence-corrected chi connectivity index (χ3v) is 3.34. The molecule has 0 aliphatic heterocycles. The van der Waals surface area contributed by atoms with E-state index in [1.807, 2.05) is 31.3 Å². The fraction of sp³-hybridized carbons (Fsp3) is 0.278. The van der Waals surface area contributed by atoms with E-state index in [1.165, 1.54) is 5.56 Å². The van der Waals surface area contributed by atoms with Crippen molar-refractivity contribution in [2.75, 3.05) is 26.7 Å². The summed E-state index contributed by atoms with van der Waals surface area (Å²) in [6, 6.07) is 19.5. The summed E-state index contributed by atoms with van der Waals surface area (Å²) in [5.74, 6) is -0.257. The summed E-state index contributed by atoms with van der Waals surface area (Å²) in [6.45, 7) is 2.11. The zero-order valence-electron chi connectivity index (χ0n) is 12.4. The van der Waals surface area contributed by atoms with E-state index >= 15 is 0 Å². The van der Waals surface area contributed by atoms with Gasteiger partial charge in [-0.2, -0.15) is 0 Å². The Kier molecular flexibility index (Phi) is 5.98. The van der Waals surface area contributed by atoms with Gasteiger partial charge >= 0.3 is 5.97 Å². The van der Waals surface area contributed by atoms with Gasteiger partial charge in [0.1, 0.15) is 6.61 Å². The predicted molar refractivity (Wildman–Crippen MR) is 84.4 cm³/mol. The Bertz CT molecular complexity index is 540. The van der Waals surface area contributed by atoms with Crippen LogP contribution in [-0.4, -0.2) is 37.6 Å². The van der Waals surface area contributed by atoms with Crippen LogP contribution in [0.4, 0.5) is 0 Å². The van der Waals surface area contributed by atoms with Gasteiger partial charge in [0.15, 0.2) is 0 Å². The number of esters is 1. The lowest BCUT2D eigenvalue weighted by Gasteiger charge is -2.16. The van der Waals surface area contributed by atoms with Gasteiger partial charge in [0, 0.05) is 13.1 Å². The maximum atomic E-state index is 11.8. The molecule has 0 aromatic heterocycles. The lowest BCUT2D eigenvalue weighted by molar-refractivity contribution is 0.0473. The highest BCUT2D eigenvalue weighted by molar-refractivity contribution is 5.89. The van der Waals surface area contributed by atoms with Crippen molar-refractivity contribution in [1.82, 2.24) is 4.90 Å². The molecule has 3 heteroatoms. The first-order chi connectivity index (χ1) is 10.3. The number of nitrogens with zero attached hydrogens (tertiary/aromatic N) is 1. The zero-order chi connectivity index (χ0) is 14.9. The molecule has 2 aromatic rings. The first-order valence-electron chi connectivity index (χ1n) is 7.20. The Hall–Kier alpha value is -2.13. The third-order valence-electron chi connectivity index (χ3n) is 3.34. The van der Waals surface area contributed by atoms with Crippen molar-refractivity contribution in [3.05, 3.63) is 71.8 Å². The second-order valence-electron chi connectivity index (χ2n) is 5.04. The van der Waals surface area contributed by atoms with Crippen molar-refractivity contribution in [2.45, 2.75) is 6.42 Å². The molecule has 0 saturated heterocycles. The fourth-order valence-electron chi connectivity index (χ4n) is 2.03. The number of rotatable bonds is 7. The number of benzene rings is 2. The highest BCUT2D eigenvalue weighted by Gasteiger charge is 2.06. The van der Waals surface area contributed by atoms with Crippen LogP contribution in [0.5, 0.6) is 0 Å². The number of hydrogen-bond donors (Lipinski definition) is 0. The van der Waals surface area contributed by atoms with Crippen LogP contribution in [0.2, 0.25) is 0 Å². The van der Waals surface area contributed by atoms with E-state index in [2.05, 4.69) is 29.2 Å². The maximum absolute atomic E-state index is 11.8. The average molecular weight is 283 g/mol. The van der Waals surface area contributed by atoms with Crippen molar-refractivity contribution in [3.8, 4) is 0 Å². The Morgan fingerprint density at radius 1 is 0.952 bits per heavy atom. The molecule has 0 aliphatic rings. The van der Waals surface area contributed by atoms with Crippen LogP contribution in [0, 0.1) is 0 Å². The molecule has 0 radical (unpaired) electrons. The molecule has 2 aromatic carbocycles. The smallest absolute Gasteiger partial charge is 0.338 e. The van der Waals surface area contributed by atoms with E-state index in [4.69, 9.17) is 4.74 Å². The molecule has 0 unspecified atom stereocenters. The molecule has 3 nitrogen and oxygen atoms in total. The Balaban J connectivity index is 1.65.